The number of ether oxygens (including phenoxy) is 2. The van der Waals surface area contributed by atoms with Gasteiger partial charge in [-0.2, -0.15) is 0 Å². The number of hydrogen-bond donors (Lipinski definition) is 2. The summed E-state index contributed by atoms with van der Waals surface area (Å²) in [5, 5.41) is 6.13. The summed E-state index contributed by atoms with van der Waals surface area (Å²) < 4.78 is 10.7. The van der Waals surface area contributed by atoms with Crippen molar-refractivity contribution in [1.82, 2.24) is 5.32 Å². The number of nitrogens with one attached hydrogen (secondary N) is 2. The van der Waals surface area contributed by atoms with Crippen molar-refractivity contribution in [1.29, 1.82) is 0 Å². The Morgan fingerprint density at radius 3 is 2.90 bits per heavy atom. The Kier molecular flexibility index (Phi) is 4.62. The molecule has 0 saturated carbocycles. The summed E-state index contributed by atoms with van der Waals surface area (Å²) in [5.74, 6) is 0. The smallest absolute Gasteiger partial charge is 0.412 e. The summed E-state index contributed by atoms with van der Waals surface area (Å²) in [7, 11) is 0. The van der Waals surface area contributed by atoms with Gasteiger partial charge in [-0.05, 0) is 38.5 Å². The predicted octanol–water partition coefficient (Wildman–Crippen LogP) is 2.69. The van der Waals surface area contributed by atoms with Crippen molar-refractivity contribution >= 4 is 11.8 Å². The molecule has 1 fully saturated rings. The van der Waals surface area contributed by atoms with E-state index in [0.29, 0.717) is 6.61 Å². The molecule has 1 heterocycles. The van der Waals surface area contributed by atoms with Gasteiger partial charge in [-0.1, -0.05) is 12.1 Å². The molecule has 1 aliphatic heterocycles. The highest BCUT2D eigenvalue weighted by atomic mass is 16.6. The molecule has 1 aliphatic rings. The van der Waals surface area contributed by atoms with Gasteiger partial charge in [0.25, 0.3) is 0 Å². The normalized spacial score (nSPS) is 19.4. The lowest BCUT2D eigenvalue weighted by Crippen LogP contribution is -2.34. The topological polar surface area (TPSA) is 59.6 Å². The second-order valence-electron chi connectivity index (χ2n) is 5.83. The van der Waals surface area contributed by atoms with E-state index in [1.54, 1.807) is 0 Å². The minimum Gasteiger partial charge on any atom is -0.444 e. The zero-order valence-corrected chi connectivity index (χ0v) is 12.2. The summed E-state index contributed by atoms with van der Waals surface area (Å²) in [5.41, 5.74) is 1.32. The van der Waals surface area contributed by atoms with Gasteiger partial charge < -0.3 is 14.8 Å². The van der Waals surface area contributed by atoms with Crippen LogP contribution < -0.4 is 10.6 Å². The molecular formula is C15H22N2O3. The molecule has 1 aromatic carbocycles. The van der Waals surface area contributed by atoms with Crippen LogP contribution in [0.1, 0.15) is 32.4 Å². The van der Waals surface area contributed by atoms with E-state index in [1.807, 2.05) is 45.0 Å². The highest BCUT2D eigenvalue weighted by molar-refractivity contribution is 5.84. The van der Waals surface area contributed by atoms with Gasteiger partial charge in [-0.15, -0.1) is 0 Å². The van der Waals surface area contributed by atoms with Crippen LogP contribution in [0, 0.1) is 0 Å². The molecule has 20 heavy (non-hydrogen) atoms. The zero-order valence-electron chi connectivity index (χ0n) is 12.2. The molecule has 0 radical (unpaired) electrons. The maximum absolute atomic E-state index is 11.7. The van der Waals surface area contributed by atoms with Crippen LogP contribution in [0.25, 0.3) is 0 Å². The molecule has 110 valence electrons. The molecule has 2 N–H and O–H groups in total. The van der Waals surface area contributed by atoms with Crippen LogP contribution in [-0.2, 0) is 9.47 Å². The maximum atomic E-state index is 11.7. The molecular weight excluding hydrogens is 256 g/mol. The van der Waals surface area contributed by atoms with Gasteiger partial charge in [-0.3, -0.25) is 5.32 Å². The van der Waals surface area contributed by atoms with Crippen LogP contribution in [0.3, 0.4) is 0 Å². The molecule has 0 aromatic heterocycles. The van der Waals surface area contributed by atoms with Crippen molar-refractivity contribution in [2.75, 3.05) is 25.1 Å². The van der Waals surface area contributed by atoms with E-state index in [-0.39, 0.29) is 6.04 Å². The van der Waals surface area contributed by atoms with Crippen molar-refractivity contribution in [3.8, 4) is 0 Å². The standard InChI is InChI=1S/C15H22N2O3/c1-15(2,3)20-14(18)17-12-6-4-5-11(9-12)13-10-19-8-7-16-13/h4-6,9,13,16H,7-8,10H2,1-3H3,(H,17,18). The second kappa shape index (κ2) is 6.24. The van der Waals surface area contributed by atoms with Gasteiger partial charge in [-0.25, -0.2) is 4.79 Å². The fourth-order valence-corrected chi connectivity index (χ4v) is 2.03. The summed E-state index contributed by atoms with van der Waals surface area (Å²) >= 11 is 0. The van der Waals surface area contributed by atoms with Gasteiger partial charge in [0.1, 0.15) is 5.60 Å². The molecule has 2 rings (SSSR count). The molecule has 1 aromatic rings. The van der Waals surface area contributed by atoms with Crippen LogP contribution in [0.4, 0.5) is 10.5 Å². The van der Waals surface area contributed by atoms with Crippen LogP contribution in [-0.4, -0.2) is 31.5 Å². The summed E-state index contributed by atoms with van der Waals surface area (Å²) in [6.45, 7) is 7.75. The molecule has 1 amide bonds. The number of carbonyl (C=O) groups is 1. The summed E-state index contributed by atoms with van der Waals surface area (Å²) in [6, 6.07) is 7.89. The van der Waals surface area contributed by atoms with E-state index >= 15 is 0 Å². The largest absolute Gasteiger partial charge is 0.444 e. The fourth-order valence-electron chi connectivity index (χ4n) is 2.03. The number of morpholine rings is 1. The van der Waals surface area contributed by atoms with Gasteiger partial charge in [0.2, 0.25) is 0 Å². The van der Waals surface area contributed by atoms with Crippen LogP contribution in [0.5, 0.6) is 0 Å². The first-order chi connectivity index (χ1) is 9.44. The molecule has 0 bridgehead atoms. The molecule has 5 heteroatoms. The third kappa shape index (κ3) is 4.51. The van der Waals surface area contributed by atoms with Crippen molar-refractivity contribution < 1.29 is 14.3 Å². The summed E-state index contributed by atoms with van der Waals surface area (Å²) in [6.07, 6.45) is -0.442. The Labute approximate surface area is 119 Å². The average molecular weight is 278 g/mol. The first-order valence-electron chi connectivity index (χ1n) is 6.85. The van der Waals surface area contributed by atoms with Crippen LogP contribution in [0.2, 0.25) is 0 Å². The van der Waals surface area contributed by atoms with Crippen molar-refractivity contribution in [3.05, 3.63) is 29.8 Å². The molecule has 1 unspecified atom stereocenters. The Bertz CT molecular complexity index is 462. The van der Waals surface area contributed by atoms with E-state index in [0.717, 1.165) is 24.4 Å². The lowest BCUT2D eigenvalue weighted by Gasteiger charge is -2.24. The Hall–Kier alpha value is -1.59. The average Bonchev–Trinajstić information content (AvgIpc) is 2.38. The highest BCUT2D eigenvalue weighted by Crippen LogP contribution is 2.20. The number of benzene rings is 1. The van der Waals surface area contributed by atoms with E-state index in [9.17, 15) is 4.79 Å². The molecule has 1 atom stereocenters. The SMILES string of the molecule is CC(C)(C)OC(=O)Nc1cccc(C2COCCN2)c1. The molecule has 0 spiro atoms. The van der Waals surface area contributed by atoms with Crippen molar-refractivity contribution in [2.24, 2.45) is 0 Å². The number of amides is 1. The third-order valence-electron chi connectivity index (χ3n) is 2.86. The number of hydrogen-bond acceptors (Lipinski definition) is 4. The fraction of sp³-hybridized carbons (Fsp3) is 0.533. The summed E-state index contributed by atoms with van der Waals surface area (Å²) in [4.78, 5) is 11.7. The lowest BCUT2D eigenvalue weighted by atomic mass is 10.1. The number of anilines is 1. The monoisotopic (exact) mass is 278 g/mol. The van der Waals surface area contributed by atoms with Gasteiger partial charge in [0.05, 0.1) is 19.3 Å². The van der Waals surface area contributed by atoms with E-state index < -0.39 is 11.7 Å². The van der Waals surface area contributed by atoms with Crippen molar-refractivity contribution in [3.63, 3.8) is 0 Å². The maximum Gasteiger partial charge on any atom is 0.412 e. The Morgan fingerprint density at radius 2 is 2.25 bits per heavy atom. The van der Waals surface area contributed by atoms with E-state index in [2.05, 4.69) is 10.6 Å². The minimum atomic E-state index is -0.500. The minimum absolute atomic E-state index is 0.170. The first kappa shape index (κ1) is 14.8. The third-order valence-corrected chi connectivity index (χ3v) is 2.86. The Morgan fingerprint density at radius 1 is 1.45 bits per heavy atom. The second-order valence-corrected chi connectivity index (χ2v) is 5.83. The Balaban J connectivity index is 2.00. The van der Waals surface area contributed by atoms with Crippen LogP contribution in [0.15, 0.2) is 24.3 Å². The molecule has 5 nitrogen and oxygen atoms in total. The highest BCUT2D eigenvalue weighted by Gasteiger charge is 2.18. The number of rotatable bonds is 2. The predicted molar refractivity (Wildman–Crippen MR) is 77.9 cm³/mol. The van der Waals surface area contributed by atoms with Crippen LogP contribution >= 0.6 is 0 Å². The molecule has 0 aliphatic carbocycles. The number of carbonyl (C=O) groups excluding carboxylic acids is 1. The quantitative estimate of drug-likeness (QED) is 0.873. The zero-order chi connectivity index (χ0) is 14.6. The molecule has 1 saturated heterocycles. The van der Waals surface area contributed by atoms with E-state index in [4.69, 9.17) is 9.47 Å². The van der Waals surface area contributed by atoms with Gasteiger partial charge in [0.15, 0.2) is 0 Å². The lowest BCUT2D eigenvalue weighted by molar-refractivity contribution is 0.0636. The van der Waals surface area contributed by atoms with Gasteiger partial charge >= 0.3 is 6.09 Å². The van der Waals surface area contributed by atoms with Crippen molar-refractivity contribution in [2.45, 2.75) is 32.4 Å². The van der Waals surface area contributed by atoms with Gasteiger partial charge in [0, 0.05) is 12.2 Å². The first-order valence-corrected chi connectivity index (χ1v) is 6.85. The van der Waals surface area contributed by atoms with E-state index in [1.165, 1.54) is 0 Å².